The number of carbonyl (C=O) groups is 1. The van der Waals surface area contributed by atoms with Gasteiger partial charge in [0, 0.05) is 12.5 Å². The summed E-state index contributed by atoms with van der Waals surface area (Å²) in [6, 6.07) is 8.25. The SMILES string of the molecule is C=CCOc1ccc(C[C@@H](CP)NC(=O)CCCCCCC/C=C\CCCCCCCC)cc1. The Labute approximate surface area is 212 Å². The average Bonchev–Trinajstić information content (AvgIpc) is 2.85. The van der Waals surface area contributed by atoms with E-state index in [4.69, 9.17) is 4.74 Å². The van der Waals surface area contributed by atoms with Crippen molar-refractivity contribution in [1.82, 2.24) is 5.32 Å². The minimum Gasteiger partial charge on any atom is -0.490 e. The summed E-state index contributed by atoms with van der Waals surface area (Å²) >= 11 is 0. The van der Waals surface area contributed by atoms with Gasteiger partial charge in [-0.1, -0.05) is 95.2 Å². The molecule has 1 aromatic rings. The van der Waals surface area contributed by atoms with Crippen molar-refractivity contribution in [2.75, 3.05) is 12.8 Å². The molecule has 0 radical (unpaired) electrons. The summed E-state index contributed by atoms with van der Waals surface area (Å²) < 4.78 is 5.53. The number of amides is 1. The fourth-order valence-corrected chi connectivity index (χ4v) is 4.30. The maximum atomic E-state index is 12.3. The molecule has 1 rings (SSSR count). The third kappa shape index (κ3) is 16.9. The first-order valence-corrected chi connectivity index (χ1v) is 14.5. The number of ether oxygens (including phenoxy) is 1. The molecule has 0 aliphatic carbocycles. The number of rotatable bonds is 22. The fourth-order valence-electron chi connectivity index (χ4n) is 4.01. The second-order valence-electron chi connectivity index (χ2n) is 9.28. The van der Waals surface area contributed by atoms with Crippen LogP contribution in [0.4, 0.5) is 0 Å². The number of nitrogens with one attached hydrogen (secondary N) is 1. The summed E-state index contributed by atoms with van der Waals surface area (Å²) in [5.41, 5.74) is 1.21. The van der Waals surface area contributed by atoms with Gasteiger partial charge in [-0.25, -0.2) is 0 Å². The Balaban J connectivity index is 2.03. The number of allylic oxidation sites excluding steroid dienone is 2. The summed E-state index contributed by atoms with van der Waals surface area (Å²) in [7, 11) is 2.76. The molecule has 0 aromatic heterocycles. The zero-order valence-corrected chi connectivity index (χ0v) is 22.9. The van der Waals surface area contributed by atoms with Crippen LogP contribution in [0.3, 0.4) is 0 Å². The summed E-state index contributed by atoms with van der Waals surface area (Å²) in [6.07, 6.45) is 25.4. The maximum absolute atomic E-state index is 12.3. The number of hydrogen-bond donors (Lipinski definition) is 1. The van der Waals surface area contributed by atoms with Crippen molar-refractivity contribution in [2.45, 2.75) is 109 Å². The van der Waals surface area contributed by atoms with Gasteiger partial charge in [0.05, 0.1) is 0 Å². The first kappa shape index (κ1) is 30.4. The molecule has 0 heterocycles. The van der Waals surface area contributed by atoms with Crippen LogP contribution in [0.5, 0.6) is 5.75 Å². The molecule has 2 atom stereocenters. The fraction of sp³-hybridized carbons (Fsp3) is 0.633. The van der Waals surface area contributed by atoms with Crippen molar-refractivity contribution in [3.05, 3.63) is 54.6 Å². The van der Waals surface area contributed by atoms with E-state index >= 15 is 0 Å². The molecule has 34 heavy (non-hydrogen) atoms. The highest BCUT2D eigenvalue weighted by molar-refractivity contribution is 7.16. The van der Waals surface area contributed by atoms with E-state index in [2.05, 4.69) is 52.3 Å². The predicted molar refractivity (Wildman–Crippen MR) is 152 cm³/mol. The van der Waals surface area contributed by atoms with E-state index in [-0.39, 0.29) is 11.9 Å². The quantitative estimate of drug-likeness (QED) is 0.102. The predicted octanol–water partition coefficient (Wildman–Crippen LogP) is 8.19. The van der Waals surface area contributed by atoms with Crippen LogP contribution in [0.25, 0.3) is 0 Å². The van der Waals surface area contributed by atoms with Gasteiger partial charge in [0.25, 0.3) is 0 Å². The van der Waals surface area contributed by atoms with E-state index in [1.165, 1.54) is 76.2 Å². The van der Waals surface area contributed by atoms with Gasteiger partial charge in [0.2, 0.25) is 5.91 Å². The monoisotopic (exact) mass is 487 g/mol. The molecule has 1 aromatic carbocycles. The molecule has 0 saturated carbocycles. The largest absolute Gasteiger partial charge is 0.490 e. The highest BCUT2D eigenvalue weighted by Crippen LogP contribution is 2.15. The van der Waals surface area contributed by atoms with Crippen molar-refractivity contribution in [1.29, 1.82) is 0 Å². The first-order valence-electron chi connectivity index (χ1n) is 13.7. The molecular formula is C30H50NO2P. The van der Waals surface area contributed by atoms with Crippen LogP contribution in [-0.2, 0) is 11.2 Å². The van der Waals surface area contributed by atoms with Crippen molar-refractivity contribution in [2.24, 2.45) is 0 Å². The lowest BCUT2D eigenvalue weighted by Gasteiger charge is -2.17. The van der Waals surface area contributed by atoms with E-state index in [1.807, 2.05) is 12.1 Å². The van der Waals surface area contributed by atoms with Crippen LogP contribution >= 0.6 is 9.24 Å². The maximum Gasteiger partial charge on any atom is 0.220 e. The van der Waals surface area contributed by atoms with Gasteiger partial charge in [-0.2, -0.15) is 0 Å². The molecule has 1 unspecified atom stereocenters. The zero-order chi connectivity index (χ0) is 24.7. The van der Waals surface area contributed by atoms with E-state index in [9.17, 15) is 4.79 Å². The highest BCUT2D eigenvalue weighted by Gasteiger charge is 2.11. The number of benzene rings is 1. The Morgan fingerprint density at radius 1 is 0.941 bits per heavy atom. The summed E-state index contributed by atoms with van der Waals surface area (Å²) in [5, 5.41) is 3.20. The van der Waals surface area contributed by atoms with Gasteiger partial charge in [-0.15, -0.1) is 9.24 Å². The number of hydrogen-bond acceptors (Lipinski definition) is 2. The molecule has 0 spiro atoms. The van der Waals surface area contributed by atoms with Crippen LogP contribution in [0, 0.1) is 0 Å². The Hall–Kier alpha value is -1.60. The highest BCUT2D eigenvalue weighted by atomic mass is 31.0. The van der Waals surface area contributed by atoms with Gasteiger partial charge in [-0.3, -0.25) is 4.79 Å². The number of unbranched alkanes of at least 4 members (excludes halogenated alkanes) is 11. The number of carbonyl (C=O) groups excluding carboxylic acids is 1. The molecule has 3 nitrogen and oxygen atoms in total. The summed E-state index contributed by atoms with van der Waals surface area (Å²) in [5.74, 6) is 1.02. The molecule has 192 valence electrons. The molecule has 0 aliphatic rings. The standard InChI is InChI=1S/C30H50NO2P/c1-3-5-6-7-8-9-10-11-12-13-14-15-16-17-18-19-30(32)31-28(26-34)25-27-20-22-29(23-21-27)33-24-4-2/h4,11-12,20-23,28H,2-3,5-10,13-19,24-26,34H2,1H3,(H,31,32)/b12-11-/t28-/m0/s1. The van der Waals surface area contributed by atoms with Gasteiger partial charge in [-0.05, 0) is 62.4 Å². The van der Waals surface area contributed by atoms with E-state index in [1.54, 1.807) is 6.08 Å². The van der Waals surface area contributed by atoms with Crippen molar-refractivity contribution in [3.8, 4) is 5.75 Å². The van der Waals surface area contributed by atoms with E-state index in [0.29, 0.717) is 13.0 Å². The van der Waals surface area contributed by atoms with Crippen molar-refractivity contribution in [3.63, 3.8) is 0 Å². The Morgan fingerprint density at radius 2 is 1.53 bits per heavy atom. The minimum absolute atomic E-state index is 0.153. The lowest BCUT2D eigenvalue weighted by Crippen LogP contribution is -2.37. The third-order valence-electron chi connectivity index (χ3n) is 6.09. The van der Waals surface area contributed by atoms with Crippen LogP contribution in [0.15, 0.2) is 49.1 Å². The average molecular weight is 488 g/mol. The summed E-state index contributed by atoms with van der Waals surface area (Å²) in [6.45, 7) is 6.45. The molecule has 0 saturated heterocycles. The topological polar surface area (TPSA) is 38.3 Å². The summed E-state index contributed by atoms with van der Waals surface area (Å²) in [4.78, 5) is 12.3. The third-order valence-corrected chi connectivity index (χ3v) is 6.66. The molecular weight excluding hydrogens is 437 g/mol. The van der Waals surface area contributed by atoms with Gasteiger partial charge >= 0.3 is 0 Å². The van der Waals surface area contributed by atoms with E-state index < -0.39 is 0 Å². The lowest BCUT2D eigenvalue weighted by molar-refractivity contribution is -0.121. The Morgan fingerprint density at radius 3 is 2.12 bits per heavy atom. The van der Waals surface area contributed by atoms with Crippen molar-refractivity contribution >= 4 is 15.1 Å². The van der Waals surface area contributed by atoms with Crippen LogP contribution < -0.4 is 10.1 Å². The first-order chi connectivity index (χ1) is 16.7. The van der Waals surface area contributed by atoms with Gasteiger partial charge in [0.1, 0.15) is 12.4 Å². The van der Waals surface area contributed by atoms with Crippen LogP contribution in [0.2, 0.25) is 0 Å². The molecule has 0 aliphatic heterocycles. The molecule has 1 amide bonds. The molecule has 1 N–H and O–H groups in total. The normalized spacial score (nSPS) is 12.1. The zero-order valence-electron chi connectivity index (χ0n) is 21.7. The molecule has 0 bridgehead atoms. The Bertz CT molecular complexity index is 656. The van der Waals surface area contributed by atoms with Crippen molar-refractivity contribution < 1.29 is 9.53 Å². The Kier molecular flexibility index (Phi) is 19.6. The van der Waals surface area contributed by atoms with Gasteiger partial charge in [0.15, 0.2) is 0 Å². The molecule has 4 heteroatoms. The second kappa shape index (κ2) is 21.9. The van der Waals surface area contributed by atoms with E-state index in [0.717, 1.165) is 31.2 Å². The van der Waals surface area contributed by atoms with Gasteiger partial charge < -0.3 is 10.1 Å². The van der Waals surface area contributed by atoms with Crippen LogP contribution in [-0.4, -0.2) is 24.7 Å². The smallest absolute Gasteiger partial charge is 0.220 e. The van der Waals surface area contributed by atoms with Crippen LogP contribution in [0.1, 0.15) is 102 Å². The lowest BCUT2D eigenvalue weighted by atomic mass is 10.1. The minimum atomic E-state index is 0.153. The second-order valence-corrected chi connectivity index (χ2v) is 9.75. The molecule has 0 fully saturated rings.